The number of hydrogen-bond donors (Lipinski definition) is 1. The van der Waals surface area contributed by atoms with Gasteiger partial charge in [0, 0.05) is 11.8 Å². The van der Waals surface area contributed by atoms with Crippen molar-refractivity contribution in [2.75, 3.05) is 11.5 Å². The second-order valence-corrected chi connectivity index (χ2v) is 5.60. The van der Waals surface area contributed by atoms with E-state index in [-0.39, 0.29) is 17.2 Å². The third-order valence-corrected chi connectivity index (χ3v) is 3.76. The van der Waals surface area contributed by atoms with Gasteiger partial charge in [-0.3, -0.25) is 4.79 Å². The van der Waals surface area contributed by atoms with Crippen LogP contribution in [0.3, 0.4) is 0 Å². The lowest BCUT2D eigenvalue weighted by molar-refractivity contribution is 0.103. The average Bonchev–Trinajstić information content (AvgIpc) is 2.47. The predicted octanol–water partition coefficient (Wildman–Crippen LogP) is 3.10. The minimum atomic E-state index is -0.451. The van der Waals surface area contributed by atoms with E-state index in [2.05, 4.69) is 9.97 Å². The predicted molar refractivity (Wildman–Crippen MR) is 82.1 cm³/mol. The van der Waals surface area contributed by atoms with Crippen LogP contribution in [-0.4, -0.2) is 21.5 Å². The number of nitrogens with zero attached hydrogens (tertiary/aromatic N) is 2. The molecular formula is C15H16FN3OS. The summed E-state index contributed by atoms with van der Waals surface area (Å²) in [4.78, 5) is 20.7. The molecule has 21 heavy (non-hydrogen) atoms. The lowest BCUT2D eigenvalue weighted by atomic mass is 9.98. The Morgan fingerprint density at radius 1 is 1.33 bits per heavy atom. The minimum absolute atomic E-state index is 0.122. The van der Waals surface area contributed by atoms with Crippen LogP contribution >= 0.6 is 11.8 Å². The Bertz CT molecular complexity index is 676. The van der Waals surface area contributed by atoms with E-state index < -0.39 is 5.82 Å². The van der Waals surface area contributed by atoms with E-state index in [0.717, 1.165) is 11.3 Å². The first-order valence-electron chi connectivity index (χ1n) is 6.65. The van der Waals surface area contributed by atoms with Crippen molar-refractivity contribution in [1.29, 1.82) is 0 Å². The fraction of sp³-hybridized carbons (Fsp3) is 0.267. The molecule has 0 aliphatic carbocycles. The number of nitrogen functional groups attached to an aromatic ring is 1. The topological polar surface area (TPSA) is 68.9 Å². The standard InChI is InChI=1S/C15H16FN3OS/c1-3-9-5-6-10(16)7-11(9)13(20)12-8-18-15(21-4-2)19-14(12)17/h5-8H,3-4H2,1-2H3,(H2,17,18,19). The number of carbonyl (C=O) groups excluding carboxylic acids is 1. The van der Waals surface area contributed by atoms with Crippen molar-refractivity contribution in [2.24, 2.45) is 0 Å². The zero-order valence-electron chi connectivity index (χ0n) is 11.9. The Hall–Kier alpha value is -1.95. The number of aromatic nitrogens is 2. The molecule has 2 aromatic rings. The molecular weight excluding hydrogens is 289 g/mol. The van der Waals surface area contributed by atoms with Crippen LogP contribution in [0.5, 0.6) is 0 Å². The Morgan fingerprint density at radius 2 is 2.10 bits per heavy atom. The molecule has 2 rings (SSSR count). The molecule has 0 fully saturated rings. The second kappa shape index (κ2) is 6.67. The van der Waals surface area contributed by atoms with E-state index >= 15 is 0 Å². The molecule has 0 bridgehead atoms. The van der Waals surface area contributed by atoms with Crippen LogP contribution in [0.25, 0.3) is 0 Å². The van der Waals surface area contributed by atoms with Crippen molar-refractivity contribution in [3.63, 3.8) is 0 Å². The molecule has 0 spiro atoms. The molecule has 0 unspecified atom stereocenters. The summed E-state index contributed by atoms with van der Waals surface area (Å²) < 4.78 is 13.4. The monoisotopic (exact) mass is 305 g/mol. The number of thioether (sulfide) groups is 1. The summed E-state index contributed by atoms with van der Waals surface area (Å²) in [6.45, 7) is 3.88. The van der Waals surface area contributed by atoms with Crippen molar-refractivity contribution in [3.8, 4) is 0 Å². The number of benzene rings is 1. The van der Waals surface area contributed by atoms with Crippen LogP contribution in [0.4, 0.5) is 10.2 Å². The molecule has 0 amide bonds. The summed E-state index contributed by atoms with van der Waals surface area (Å²) in [6.07, 6.45) is 2.04. The van der Waals surface area contributed by atoms with E-state index in [1.807, 2.05) is 13.8 Å². The first kappa shape index (κ1) is 15.4. The van der Waals surface area contributed by atoms with Crippen LogP contribution in [-0.2, 0) is 6.42 Å². The number of halogens is 1. The van der Waals surface area contributed by atoms with Crippen molar-refractivity contribution < 1.29 is 9.18 Å². The summed E-state index contributed by atoms with van der Waals surface area (Å²) in [5.74, 6) is 0.138. The molecule has 0 aliphatic rings. The zero-order valence-corrected chi connectivity index (χ0v) is 12.7. The van der Waals surface area contributed by atoms with E-state index in [1.165, 1.54) is 30.1 Å². The molecule has 0 radical (unpaired) electrons. The molecule has 1 heterocycles. The number of aryl methyl sites for hydroxylation is 1. The molecule has 0 saturated carbocycles. The smallest absolute Gasteiger partial charge is 0.198 e. The fourth-order valence-electron chi connectivity index (χ4n) is 1.97. The van der Waals surface area contributed by atoms with Crippen molar-refractivity contribution in [3.05, 3.63) is 46.9 Å². The highest BCUT2D eigenvalue weighted by Gasteiger charge is 2.18. The highest BCUT2D eigenvalue weighted by molar-refractivity contribution is 7.99. The van der Waals surface area contributed by atoms with Gasteiger partial charge in [-0.25, -0.2) is 14.4 Å². The molecule has 0 aliphatic heterocycles. The molecule has 2 N–H and O–H groups in total. The van der Waals surface area contributed by atoms with Gasteiger partial charge in [0.15, 0.2) is 10.9 Å². The van der Waals surface area contributed by atoms with Gasteiger partial charge in [0.25, 0.3) is 0 Å². The summed E-state index contributed by atoms with van der Waals surface area (Å²) >= 11 is 1.44. The molecule has 6 heteroatoms. The Balaban J connectivity index is 2.43. The van der Waals surface area contributed by atoms with Gasteiger partial charge in [-0.1, -0.05) is 31.7 Å². The molecule has 4 nitrogen and oxygen atoms in total. The zero-order chi connectivity index (χ0) is 15.4. The minimum Gasteiger partial charge on any atom is -0.383 e. The van der Waals surface area contributed by atoms with Gasteiger partial charge in [0.1, 0.15) is 11.6 Å². The molecule has 0 saturated heterocycles. The van der Waals surface area contributed by atoms with Crippen molar-refractivity contribution in [1.82, 2.24) is 9.97 Å². The maximum atomic E-state index is 13.4. The number of anilines is 1. The number of carbonyl (C=O) groups is 1. The average molecular weight is 305 g/mol. The SMILES string of the molecule is CCSc1ncc(C(=O)c2cc(F)ccc2CC)c(N)n1. The van der Waals surface area contributed by atoms with E-state index in [4.69, 9.17) is 5.73 Å². The highest BCUT2D eigenvalue weighted by atomic mass is 32.2. The van der Waals surface area contributed by atoms with Gasteiger partial charge in [-0.2, -0.15) is 0 Å². The summed E-state index contributed by atoms with van der Waals surface area (Å²) in [6, 6.07) is 4.19. The van der Waals surface area contributed by atoms with Crippen LogP contribution < -0.4 is 5.73 Å². The number of ketones is 1. The van der Waals surface area contributed by atoms with Gasteiger partial charge >= 0.3 is 0 Å². The Labute approximate surface area is 127 Å². The quantitative estimate of drug-likeness (QED) is 0.522. The van der Waals surface area contributed by atoms with Crippen LogP contribution in [0.15, 0.2) is 29.6 Å². The van der Waals surface area contributed by atoms with Gasteiger partial charge in [-0.15, -0.1) is 0 Å². The van der Waals surface area contributed by atoms with Gasteiger partial charge in [0.05, 0.1) is 5.56 Å². The lowest BCUT2D eigenvalue weighted by Gasteiger charge is -2.09. The Kier molecular flexibility index (Phi) is 4.90. The summed E-state index contributed by atoms with van der Waals surface area (Å²) in [5.41, 5.74) is 7.12. The molecule has 0 atom stereocenters. The number of rotatable bonds is 5. The lowest BCUT2D eigenvalue weighted by Crippen LogP contribution is -2.11. The Morgan fingerprint density at radius 3 is 2.71 bits per heavy atom. The van der Waals surface area contributed by atoms with Gasteiger partial charge in [0.2, 0.25) is 0 Å². The third-order valence-electron chi connectivity index (χ3n) is 3.01. The molecule has 110 valence electrons. The summed E-state index contributed by atoms with van der Waals surface area (Å²) in [5, 5.41) is 0.529. The third kappa shape index (κ3) is 3.39. The highest BCUT2D eigenvalue weighted by Crippen LogP contribution is 2.21. The van der Waals surface area contributed by atoms with Crippen LogP contribution in [0.2, 0.25) is 0 Å². The van der Waals surface area contributed by atoms with E-state index in [1.54, 1.807) is 6.07 Å². The van der Waals surface area contributed by atoms with Crippen molar-refractivity contribution in [2.45, 2.75) is 25.4 Å². The summed E-state index contributed by atoms with van der Waals surface area (Å²) in [7, 11) is 0. The largest absolute Gasteiger partial charge is 0.383 e. The number of hydrogen-bond acceptors (Lipinski definition) is 5. The normalized spacial score (nSPS) is 10.6. The maximum absolute atomic E-state index is 13.4. The first-order valence-corrected chi connectivity index (χ1v) is 7.63. The fourth-order valence-corrected chi connectivity index (χ4v) is 2.51. The van der Waals surface area contributed by atoms with E-state index in [9.17, 15) is 9.18 Å². The van der Waals surface area contributed by atoms with Crippen LogP contribution in [0, 0.1) is 5.82 Å². The van der Waals surface area contributed by atoms with E-state index in [0.29, 0.717) is 17.1 Å². The van der Waals surface area contributed by atoms with Gasteiger partial charge in [-0.05, 0) is 29.9 Å². The van der Waals surface area contributed by atoms with Crippen molar-refractivity contribution >= 4 is 23.4 Å². The molecule has 1 aromatic carbocycles. The number of nitrogens with two attached hydrogens (primary N) is 1. The first-order chi connectivity index (χ1) is 10.1. The maximum Gasteiger partial charge on any atom is 0.198 e. The van der Waals surface area contributed by atoms with Crippen LogP contribution in [0.1, 0.15) is 35.3 Å². The van der Waals surface area contributed by atoms with Gasteiger partial charge < -0.3 is 5.73 Å². The second-order valence-electron chi connectivity index (χ2n) is 4.37. The molecule has 1 aromatic heterocycles.